The Labute approximate surface area is 142 Å². The van der Waals surface area contributed by atoms with E-state index in [0.717, 1.165) is 27.9 Å². The SMILES string of the molecule is FC(F)(F)c1ccc(N=c2[nH]c(-c3ccccc3Br)cs2)cc1. The molecule has 0 bridgehead atoms. The van der Waals surface area contributed by atoms with E-state index < -0.39 is 11.7 Å². The first kappa shape index (κ1) is 16.0. The highest BCUT2D eigenvalue weighted by Crippen LogP contribution is 2.30. The Morgan fingerprint density at radius 1 is 1.00 bits per heavy atom. The molecule has 3 aromatic rings. The van der Waals surface area contributed by atoms with E-state index in [9.17, 15) is 13.2 Å². The Hall–Kier alpha value is -1.86. The molecule has 0 radical (unpaired) electrons. The Balaban J connectivity index is 1.91. The minimum absolute atomic E-state index is 0.467. The zero-order valence-corrected chi connectivity index (χ0v) is 14.0. The molecule has 0 amide bonds. The van der Waals surface area contributed by atoms with Gasteiger partial charge in [-0.05, 0) is 30.3 Å². The van der Waals surface area contributed by atoms with E-state index in [1.807, 2.05) is 29.6 Å². The number of halogens is 4. The lowest BCUT2D eigenvalue weighted by atomic mass is 10.2. The fourth-order valence-corrected chi connectivity index (χ4v) is 3.24. The molecule has 118 valence electrons. The van der Waals surface area contributed by atoms with Crippen molar-refractivity contribution >= 4 is 33.0 Å². The Morgan fingerprint density at radius 2 is 1.70 bits per heavy atom. The molecule has 0 unspecified atom stereocenters. The summed E-state index contributed by atoms with van der Waals surface area (Å²) < 4.78 is 38.6. The van der Waals surface area contributed by atoms with Gasteiger partial charge in [0.05, 0.1) is 16.9 Å². The lowest BCUT2D eigenvalue weighted by Crippen LogP contribution is -2.04. The third kappa shape index (κ3) is 3.73. The highest BCUT2D eigenvalue weighted by atomic mass is 79.9. The normalized spacial score (nSPS) is 12.6. The second-order valence-corrected chi connectivity index (χ2v) is 6.43. The number of aromatic amines is 1. The first-order valence-corrected chi connectivity index (χ1v) is 8.25. The van der Waals surface area contributed by atoms with Crippen LogP contribution in [0, 0.1) is 0 Å². The monoisotopic (exact) mass is 398 g/mol. The van der Waals surface area contributed by atoms with Gasteiger partial charge in [0.15, 0.2) is 4.80 Å². The van der Waals surface area contributed by atoms with Crippen molar-refractivity contribution in [1.29, 1.82) is 0 Å². The van der Waals surface area contributed by atoms with Gasteiger partial charge in [0.2, 0.25) is 0 Å². The van der Waals surface area contributed by atoms with Gasteiger partial charge in [-0.25, -0.2) is 4.99 Å². The van der Waals surface area contributed by atoms with E-state index >= 15 is 0 Å². The summed E-state index contributed by atoms with van der Waals surface area (Å²) in [5, 5.41) is 1.92. The van der Waals surface area contributed by atoms with Crippen LogP contribution in [0.15, 0.2) is 63.4 Å². The number of nitrogens with zero attached hydrogens (tertiary/aromatic N) is 1. The van der Waals surface area contributed by atoms with E-state index in [1.54, 1.807) is 0 Å². The van der Waals surface area contributed by atoms with E-state index in [1.165, 1.54) is 23.5 Å². The first-order chi connectivity index (χ1) is 10.9. The van der Waals surface area contributed by atoms with Crippen molar-refractivity contribution in [2.75, 3.05) is 0 Å². The van der Waals surface area contributed by atoms with Crippen molar-refractivity contribution in [2.24, 2.45) is 4.99 Å². The third-order valence-electron chi connectivity index (χ3n) is 3.12. The molecule has 23 heavy (non-hydrogen) atoms. The van der Waals surface area contributed by atoms with Gasteiger partial charge in [0, 0.05) is 15.4 Å². The molecule has 0 saturated carbocycles. The minimum Gasteiger partial charge on any atom is -0.330 e. The predicted octanol–water partition coefficient (Wildman–Crippen LogP) is 5.76. The number of nitrogens with one attached hydrogen (secondary N) is 1. The fourth-order valence-electron chi connectivity index (χ4n) is 2.00. The molecule has 0 aliphatic carbocycles. The van der Waals surface area contributed by atoms with E-state index in [-0.39, 0.29) is 0 Å². The number of alkyl halides is 3. The molecule has 1 N–H and O–H groups in total. The van der Waals surface area contributed by atoms with E-state index in [2.05, 4.69) is 25.9 Å². The van der Waals surface area contributed by atoms with Crippen LogP contribution in [0.1, 0.15) is 5.56 Å². The zero-order valence-electron chi connectivity index (χ0n) is 11.6. The zero-order chi connectivity index (χ0) is 16.4. The number of hydrogen-bond acceptors (Lipinski definition) is 2. The van der Waals surface area contributed by atoms with Crippen LogP contribution in [0.2, 0.25) is 0 Å². The number of aromatic nitrogens is 1. The maximum absolute atomic E-state index is 12.5. The lowest BCUT2D eigenvalue weighted by Gasteiger charge is -2.05. The Morgan fingerprint density at radius 3 is 2.35 bits per heavy atom. The van der Waals surface area contributed by atoms with Gasteiger partial charge in [-0.2, -0.15) is 13.2 Å². The molecule has 2 nitrogen and oxygen atoms in total. The molecule has 1 aromatic heterocycles. The molecule has 0 saturated heterocycles. The van der Waals surface area contributed by atoms with Crippen LogP contribution in [0.5, 0.6) is 0 Å². The second kappa shape index (κ2) is 6.33. The molecule has 0 atom stereocenters. The quantitative estimate of drug-likeness (QED) is 0.568. The van der Waals surface area contributed by atoms with Crippen LogP contribution < -0.4 is 4.80 Å². The minimum atomic E-state index is -4.33. The molecular formula is C16H10BrF3N2S. The summed E-state index contributed by atoms with van der Waals surface area (Å²) in [6.45, 7) is 0. The van der Waals surface area contributed by atoms with Gasteiger partial charge in [0.25, 0.3) is 0 Å². The molecule has 0 fully saturated rings. The van der Waals surface area contributed by atoms with Gasteiger partial charge >= 0.3 is 6.18 Å². The van der Waals surface area contributed by atoms with Gasteiger partial charge in [-0.15, -0.1) is 11.3 Å². The van der Waals surface area contributed by atoms with Gasteiger partial charge in [-0.1, -0.05) is 34.1 Å². The highest BCUT2D eigenvalue weighted by Gasteiger charge is 2.29. The van der Waals surface area contributed by atoms with Crippen molar-refractivity contribution in [3.63, 3.8) is 0 Å². The standard InChI is InChI=1S/C16H10BrF3N2S/c17-13-4-2-1-3-12(13)14-9-23-15(22-14)21-11-7-5-10(6-8-11)16(18,19)20/h1-9H,(H,21,22). The Kier molecular flexibility index (Phi) is 4.41. The summed E-state index contributed by atoms with van der Waals surface area (Å²) in [4.78, 5) is 8.10. The summed E-state index contributed by atoms with van der Waals surface area (Å²) in [6.07, 6.45) is -4.33. The van der Waals surface area contributed by atoms with Crippen LogP contribution in [0.4, 0.5) is 18.9 Å². The highest BCUT2D eigenvalue weighted by molar-refractivity contribution is 9.10. The molecule has 1 heterocycles. The number of benzene rings is 2. The third-order valence-corrected chi connectivity index (χ3v) is 4.58. The molecule has 0 aliphatic heterocycles. The summed E-state index contributed by atoms with van der Waals surface area (Å²) in [7, 11) is 0. The summed E-state index contributed by atoms with van der Waals surface area (Å²) in [6, 6.07) is 12.5. The smallest absolute Gasteiger partial charge is 0.330 e. The number of rotatable bonds is 2. The average Bonchev–Trinajstić information content (AvgIpc) is 2.95. The van der Waals surface area contributed by atoms with Crippen molar-refractivity contribution in [3.8, 4) is 11.3 Å². The van der Waals surface area contributed by atoms with Gasteiger partial charge in [-0.3, -0.25) is 0 Å². The molecule has 0 aliphatic rings. The molecule has 0 spiro atoms. The molecule has 3 rings (SSSR count). The molecule has 2 aromatic carbocycles. The van der Waals surface area contributed by atoms with Gasteiger partial charge in [0.1, 0.15) is 0 Å². The van der Waals surface area contributed by atoms with E-state index in [4.69, 9.17) is 0 Å². The van der Waals surface area contributed by atoms with Crippen molar-refractivity contribution in [3.05, 3.63) is 68.7 Å². The number of hydrogen-bond donors (Lipinski definition) is 1. The van der Waals surface area contributed by atoms with Crippen molar-refractivity contribution < 1.29 is 13.2 Å². The van der Waals surface area contributed by atoms with Crippen LogP contribution in [0.3, 0.4) is 0 Å². The van der Waals surface area contributed by atoms with Crippen LogP contribution in [-0.2, 0) is 6.18 Å². The van der Waals surface area contributed by atoms with Crippen LogP contribution in [0.25, 0.3) is 11.3 Å². The average molecular weight is 399 g/mol. The van der Waals surface area contributed by atoms with Crippen LogP contribution in [-0.4, -0.2) is 4.98 Å². The van der Waals surface area contributed by atoms with Crippen LogP contribution >= 0.6 is 27.3 Å². The predicted molar refractivity (Wildman–Crippen MR) is 88.5 cm³/mol. The fraction of sp³-hybridized carbons (Fsp3) is 0.0625. The van der Waals surface area contributed by atoms with Gasteiger partial charge < -0.3 is 4.98 Å². The van der Waals surface area contributed by atoms with Crippen molar-refractivity contribution in [1.82, 2.24) is 4.98 Å². The maximum atomic E-state index is 12.5. The summed E-state index contributed by atoms with van der Waals surface area (Å²) in [5.41, 5.74) is 1.68. The lowest BCUT2D eigenvalue weighted by molar-refractivity contribution is -0.137. The maximum Gasteiger partial charge on any atom is 0.416 e. The largest absolute Gasteiger partial charge is 0.416 e. The van der Waals surface area contributed by atoms with E-state index in [0.29, 0.717) is 10.5 Å². The summed E-state index contributed by atoms with van der Waals surface area (Å²) >= 11 is 4.88. The summed E-state index contributed by atoms with van der Waals surface area (Å²) in [5.74, 6) is 0. The number of H-pyrrole nitrogens is 1. The van der Waals surface area contributed by atoms with Crippen molar-refractivity contribution in [2.45, 2.75) is 6.18 Å². The first-order valence-electron chi connectivity index (χ1n) is 6.58. The molecule has 7 heteroatoms. The molecular weight excluding hydrogens is 389 g/mol. The topological polar surface area (TPSA) is 28.1 Å². The number of thiazole rings is 1. The Bertz CT molecular complexity index is 879. The second-order valence-electron chi connectivity index (χ2n) is 4.72.